The Morgan fingerprint density at radius 3 is 2.85 bits per heavy atom. The van der Waals surface area contributed by atoms with Crippen LogP contribution in [0.15, 0.2) is 33.5 Å². The molecule has 9 nitrogen and oxygen atoms in total. The Kier molecular flexibility index (Phi) is 5.77. The molecule has 140 valence electrons. The highest BCUT2D eigenvalue weighted by atomic mass is 32.1. The van der Waals surface area contributed by atoms with E-state index in [1.165, 1.54) is 0 Å². The number of anilines is 1. The predicted molar refractivity (Wildman–Crippen MR) is 103 cm³/mol. The van der Waals surface area contributed by atoms with E-state index in [9.17, 15) is 4.79 Å². The molecule has 10 heteroatoms. The minimum atomic E-state index is -0.318. The van der Waals surface area contributed by atoms with Gasteiger partial charge in [-0.1, -0.05) is 0 Å². The van der Waals surface area contributed by atoms with E-state index < -0.39 is 0 Å². The van der Waals surface area contributed by atoms with Crippen molar-refractivity contribution >= 4 is 23.5 Å². The Labute approximate surface area is 159 Å². The molecule has 0 radical (unpaired) electrons. The normalized spacial score (nSPS) is 10.9. The van der Waals surface area contributed by atoms with Crippen molar-refractivity contribution in [1.29, 1.82) is 0 Å². The maximum absolute atomic E-state index is 11.5. The largest absolute Gasteiger partial charge is 0.493 e. The van der Waals surface area contributed by atoms with Crippen LogP contribution in [0.25, 0.3) is 0 Å². The number of hydrogen-bond acceptors (Lipinski definition) is 9. The first-order valence-electron chi connectivity index (χ1n) is 7.99. The highest BCUT2D eigenvalue weighted by molar-refractivity contribution is 7.09. The second-order valence-corrected chi connectivity index (χ2v) is 6.58. The third-order valence-corrected chi connectivity index (χ3v) is 4.30. The summed E-state index contributed by atoms with van der Waals surface area (Å²) in [7, 11) is 1.57. The molecule has 0 atom stereocenters. The van der Waals surface area contributed by atoms with Gasteiger partial charge in [0, 0.05) is 5.38 Å². The van der Waals surface area contributed by atoms with Crippen molar-refractivity contribution in [2.75, 3.05) is 12.5 Å². The monoisotopic (exact) mass is 386 g/mol. The summed E-state index contributed by atoms with van der Waals surface area (Å²) in [5, 5.41) is 14.5. The molecule has 0 aliphatic rings. The van der Waals surface area contributed by atoms with Crippen LogP contribution < -0.4 is 20.5 Å². The Balaban J connectivity index is 1.65. The van der Waals surface area contributed by atoms with Gasteiger partial charge in [-0.2, -0.15) is 5.10 Å². The summed E-state index contributed by atoms with van der Waals surface area (Å²) in [5.74, 6) is 1.35. The second kappa shape index (κ2) is 8.41. The molecular formula is C17H18N6O3S. The maximum atomic E-state index is 11.5. The number of thiazole rings is 1. The van der Waals surface area contributed by atoms with Crippen molar-refractivity contribution in [3.8, 4) is 11.5 Å². The van der Waals surface area contributed by atoms with E-state index in [1.807, 2.05) is 18.4 Å². The van der Waals surface area contributed by atoms with Gasteiger partial charge in [0.15, 0.2) is 11.5 Å². The number of rotatable bonds is 7. The smallest absolute Gasteiger partial charge is 0.274 e. The fraction of sp³-hybridized carbons (Fsp3) is 0.235. The van der Waals surface area contributed by atoms with E-state index in [0.717, 1.165) is 16.3 Å². The van der Waals surface area contributed by atoms with Crippen molar-refractivity contribution in [1.82, 2.24) is 20.2 Å². The van der Waals surface area contributed by atoms with Crippen LogP contribution in [0, 0.1) is 13.8 Å². The standard InChI is InChI=1S/C17H18N6O3S/c1-10-16(24)20-17(23-21-10)22-18-7-12-4-5-14(15(6-12)25-3)26-8-13-9-27-11(2)19-13/h4-7,9H,8H2,1-3H3,(H2,20,22,23,24)/b18-7-. The first kappa shape index (κ1) is 18.5. The number of aromatic amines is 1. The topological polar surface area (TPSA) is 114 Å². The molecule has 0 spiro atoms. The zero-order valence-corrected chi connectivity index (χ0v) is 15.8. The van der Waals surface area contributed by atoms with Crippen molar-refractivity contribution in [2.45, 2.75) is 20.5 Å². The van der Waals surface area contributed by atoms with Crippen LogP contribution in [0.2, 0.25) is 0 Å². The number of hydrogen-bond donors (Lipinski definition) is 2. The number of aromatic nitrogens is 4. The molecule has 3 rings (SSSR count). The summed E-state index contributed by atoms with van der Waals surface area (Å²) in [5.41, 5.74) is 4.25. The van der Waals surface area contributed by atoms with Gasteiger partial charge in [0.1, 0.15) is 12.3 Å². The average Bonchev–Trinajstić information content (AvgIpc) is 3.08. The van der Waals surface area contributed by atoms with Gasteiger partial charge >= 0.3 is 0 Å². The summed E-state index contributed by atoms with van der Waals surface area (Å²) < 4.78 is 11.2. The van der Waals surface area contributed by atoms with Crippen LogP contribution in [0.3, 0.4) is 0 Å². The average molecular weight is 386 g/mol. The van der Waals surface area contributed by atoms with E-state index in [2.05, 4.69) is 30.7 Å². The molecule has 0 unspecified atom stereocenters. The Hall–Kier alpha value is -3.27. The van der Waals surface area contributed by atoms with E-state index in [4.69, 9.17) is 9.47 Å². The molecule has 0 aliphatic carbocycles. The lowest BCUT2D eigenvalue weighted by molar-refractivity contribution is 0.281. The SMILES string of the molecule is COc1cc(/C=N\Nc2nnc(C)c(=O)[nH]2)ccc1OCc1csc(C)n1. The lowest BCUT2D eigenvalue weighted by Gasteiger charge is -2.10. The van der Waals surface area contributed by atoms with E-state index in [1.54, 1.807) is 43.7 Å². The fourth-order valence-corrected chi connectivity index (χ4v) is 2.72. The van der Waals surface area contributed by atoms with Crippen LogP contribution in [0.5, 0.6) is 11.5 Å². The van der Waals surface area contributed by atoms with Gasteiger partial charge in [-0.25, -0.2) is 10.4 Å². The molecule has 2 heterocycles. The molecule has 0 fully saturated rings. The molecule has 0 saturated heterocycles. The number of nitrogens with zero attached hydrogens (tertiary/aromatic N) is 4. The maximum Gasteiger partial charge on any atom is 0.274 e. The molecule has 1 aromatic carbocycles. The fourth-order valence-electron chi connectivity index (χ4n) is 2.12. The van der Waals surface area contributed by atoms with Gasteiger partial charge in [-0.05, 0) is 37.6 Å². The van der Waals surface area contributed by atoms with Crippen molar-refractivity contribution in [3.05, 3.63) is 55.9 Å². The summed E-state index contributed by atoms with van der Waals surface area (Å²) >= 11 is 1.58. The Bertz CT molecular complexity index is 1010. The highest BCUT2D eigenvalue weighted by Crippen LogP contribution is 2.28. The number of methoxy groups -OCH3 is 1. The van der Waals surface area contributed by atoms with Crippen molar-refractivity contribution in [3.63, 3.8) is 0 Å². The lowest BCUT2D eigenvalue weighted by Crippen LogP contribution is -2.15. The van der Waals surface area contributed by atoms with Crippen molar-refractivity contribution < 1.29 is 9.47 Å². The third kappa shape index (κ3) is 4.88. The first-order valence-corrected chi connectivity index (χ1v) is 8.87. The number of aryl methyl sites for hydroxylation is 2. The zero-order valence-electron chi connectivity index (χ0n) is 15.0. The number of H-pyrrole nitrogens is 1. The molecule has 2 N–H and O–H groups in total. The molecule has 2 aromatic heterocycles. The van der Waals surface area contributed by atoms with Crippen LogP contribution >= 0.6 is 11.3 Å². The minimum Gasteiger partial charge on any atom is -0.493 e. The number of hydrazone groups is 1. The zero-order chi connectivity index (χ0) is 19.2. The Morgan fingerprint density at radius 1 is 1.30 bits per heavy atom. The summed E-state index contributed by atoms with van der Waals surface area (Å²) in [6.07, 6.45) is 1.57. The van der Waals surface area contributed by atoms with Gasteiger partial charge in [-0.15, -0.1) is 21.5 Å². The van der Waals surface area contributed by atoms with Crippen LogP contribution in [0.4, 0.5) is 5.95 Å². The van der Waals surface area contributed by atoms with Gasteiger partial charge in [-0.3, -0.25) is 9.78 Å². The van der Waals surface area contributed by atoms with Crippen LogP contribution in [0.1, 0.15) is 22.0 Å². The van der Waals surface area contributed by atoms with Gasteiger partial charge < -0.3 is 9.47 Å². The van der Waals surface area contributed by atoms with Crippen molar-refractivity contribution in [2.24, 2.45) is 5.10 Å². The van der Waals surface area contributed by atoms with E-state index in [0.29, 0.717) is 18.1 Å². The molecule has 0 amide bonds. The number of ether oxygens (including phenoxy) is 2. The Morgan fingerprint density at radius 2 is 2.15 bits per heavy atom. The summed E-state index contributed by atoms with van der Waals surface area (Å²) in [6, 6.07) is 5.42. The highest BCUT2D eigenvalue weighted by Gasteiger charge is 2.07. The number of benzene rings is 1. The molecular weight excluding hydrogens is 368 g/mol. The quantitative estimate of drug-likeness (QED) is 0.473. The first-order chi connectivity index (χ1) is 13.0. The van der Waals surface area contributed by atoms with E-state index >= 15 is 0 Å². The lowest BCUT2D eigenvalue weighted by atomic mass is 10.2. The molecule has 0 aliphatic heterocycles. The minimum absolute atomic E-state index is 0.160. The molecule has 0 saturated carbocycles. The van der Waals surface area contributed by atoms with E-state index in [-0.39, 0.29) is 17.2 Å². The summed E-state index contributed by atoms with van der Waals surface area (Å²) in [6.45, 7) is 3.90. The van der Waals surface area contributed by atoms with Gasteiger partial charge in [0.25, 0.3) is 5.56 Å². The molecule has 0 bridgehead atoms. The molecule has 3 aromatic rings. The van der Waals surface area contributed by atoms with Gasteiger partial charge in [0.2, 0.25) is 5.95 Å². The number of nitrogens with one attached hydrogen (secondary N) is 2. The second-order valence-electron chi connectivity index (χ2n) is 5.51. The van der Waals surface area contributed by atoms with Gasteiger partial charge in [0.05, 0.1) is 24.0 Å². The third-order valence-electron chi connectivity index (χ3n) is 3.47. The van der Waals surface area contributed by atoms with Crippen LogP contribution in [-0.2, 0) is 6.61 Å². The van der Waals surface area contributed by atoms with Crippen LogP contribution in [-0.4, -0.2) is 33.5 Å². The molecule has 27 heavy (non-hydrogen) atoms. The summed E-state index contributed by atoms with van der Waals surface area (Å²) in [4.78, 5) is 18.4. The predicted octanol–water partition coefficient (Wildman–Crippen LogP) is 2.27.